The second-order valence-corrected chi connectivity index (χ2v) is 11.2. The first-order valence-corrected chi connectivity index (χ1v) is 15.2. The summed E-state index contributed by atoms with van der Waals surface area (Å²) in [6.07, 6.45) is 19.8. The lowest BCUT2D eigenvalue weighted by atomic mass is 9.96. The molecule has 0 bridgehead atoms. The third kappa shape index (κ3) is 11.4. The molecule has 2 rings (SSSR count). The van der Waals surface area contributed by atoms with E-state index in [0.717, 1.165) is 16.8 Å². The van der Waals surface area contributed by atoms with Crippen LogP contribution in [0.1, 0.15) is 145 Å². The fourth-order valence-corrected chi connectivity index (χ4v) is 5.14. The Morgan fingerprint density at radius 1 is 0.868 bits per heavy atom. The van der Waals surface area contributed by atoms with Crippen LogP contribution >= 0.6 is 0 Å². The average Bonchev–Trinajstić information content (AvgIpc) is 3.32. The van der Waals surface area contributed by atoms with Gasteiger partial charge in [-0.2, -0.15) is 0 Å². The number of aliphatic carboxylic acids is 1. The smallest absolute Gasteiger partial charge is 0.303 e. The van der Waals surface area contributed by atoms with Crippen molar-refractivity contribution >= 4 is 17.4 Å². The number of nitrogens with one attached hydrogen (secondary N) is 1. The van der Waals surface area contributed by atoms with Gasteiger partial charge in [0.05, 0.1) is 0 Å². The second-order valence-electron chi connectivity index (χ2n) is 11.2. The van der Waals surface area contributed by atoms with Crippen molar-refractivity contribution in [3.8, 4) is 0 Å². The van der Waals surface area contributed by atoms with E-state index in [1.807, 2.05) is 35.2 Å². The number of carbonyl (C=O) groups excluding carboxylic acids is 1. The summed E-state index contributed by atoms with van der Waals surface area (Å²) in [7, 11) is 0. The van der Waals surface area contributed by atoms with Crippen molar-refractivity contribution in [2.24, 2.45) is 0 Å². The lowest BCUT2D eigenvalue weighted by Gasteiger charge is -2.21. The standard InChI is InChI=1S/C33H52N2O3/c1-5-7-9-11-13-18-28(19-14-12-10-8-6-2)34-29-20-15-17-27(23-29)33(38)31-25-35(22-16-21-32(36)37)24-30(31)26(3)4/h15,17,20,23-26,28,34H,5-14,16,18-19,21-22H2,1-4H3,(H,36,37). The zero-order chi connectivity index (χ0) is 27.8. The van der Waals surface area contributed by atoms with Gasteiger partial charge in [0.25, 0.3) is 0 Å². The van der Waals surface area contributed by atoms with Crippen molar-refractivity contribution in [3.05, 3.63) is 53.3 Å². The predicted octanol–water partition coefficient (Wildman–Crippen LogP) is 9.21. The van der Waals surface area contributed by atoms with E-state index < -0.39 is 5.97 Å². The van der Waals surface area contributed by atoms with Crippen molar-refractivity contribution in [1.29, 1.82) is 0 Å². The van der Waals surface area contributed by atoms with Crippen LogP contribution in [-0.2, 0) is 11.3 Å². The molecule has 5 heteroatoms. The van der Waals surface area contributed by atoms with E-state index in [1.165, 1.54) is 77.0 Å². The number of nitrogens with zero attached hydrogens (tertiary/aromatic N) is 1. The van der Waals surface area contributed by atoms with Crippen LogP contribution < -0.4 is 5.32 Å². The Balaban J connectivity index is 2.11. The molecular formula is C33H52N2O3. The van der Waals surface area contributed by atoms with Gasteiger partial charge in [-0.1, -0.05) is 104 Å². The van der Waals surface area contributed by atoms with Gasteiger partial charge in [0.1, 0.15) is 0 Å². The van der Waals surface area contributed by atoms with E-state index in [2.05, 4.69) is 39.1 Å². The fraction of sp³-hybridized carbons (Fsp3) is 0.636. The highest BCUT2D eigenvalue weighted by molar-refractivity contribution is 6.10. The Morgan fingerprint density at radius 3 is 2.08 bits per heavy atom. The van der Waals surface area contributed by atoms with Gasteiger partial charge < -0.3 is 15.0 Å². The molecular weight excluding hydrogens is 472 g/mol. The van der Waals surface area contributed by atoms with E-state index in [9.17, 15) is 9.59 Å². The molecule has 0 atom stereocenters. The summed E-state index contributed by atoms with van der Waals surface area (Å²) in [5, 5.41) is 12.7. The van der Waals surface area contributed by atoms with Crippen molar-refractivity contribution in [1.82, 2.24) is 4.57 Å². The van der Waals surface area contributed by atoms with Crippen LogP contribution in [0.4, 0.5) is 5.69 Å². The maximum Gasteiger partial charge on any atom is 0.303 e. The molecule has 0 aliphatic carbocycles. The molecule has 5 nitrogen and oxygen atoms in total. The average molecular weight is 525 g/mol. The van der Waals surface area contributed by atoms with Gasteiger partial charge >= 0.3 is 5.97 Å². The first-order chi connectivity index (χ1) is 18.3. The topological polar surface area (TPSA) is 71.3 Å². The van der Waals surface area contributed by atoms with Crippen LogP contribution in [0.2, 0.25) is 0 Å². The Labute approximate surface area is 231 Å². The minimum absolute atomic E-state index is 0.0324. The van der Waals surface area contributed by atoms with Crippen LogP contribution in [0.5, 0.6) is 0 Å². The maximum absolute atomic E-state index is 13.6. The summed E-state index contributed by atoms with van der Waals surface area (Å²) in [5.41, 5.74) is 3.45. The van der Waals surface area contributed by atoms with Gasteiger partial charge in [-0.05, 0) is 42.9 Å². The summed E-state index contributed by atoms with van der Waals surface area (Å²) >= 11 is 0. The molecule has 1 aromatic heterocycles. The monoisotopic (exact) mass is 524 g/mol. The Kier molecular flexibility index (Phi) is 14.9. The third-order valence-electron chi connectivity index (χ3n) is 7.39. The largest absolute Gasteiger partial charge is 0.481 e. The van der Waals surface area contributed by atoms with Gasteiger partial charge in [0, 0.05) is 48.2 Å². The van der Waals surface area contributed by atoms with Crippen molar-refractivity contribution < 1.29 is 14.7 Å². The number of unbranched alkanes of at least 4 members (excludes halogenated alkanes) is 8. The molecule has 0 saturated heterocycles. The van der Waals surface area contributed by atoms with E-state index >= 15 is 0 Å². The van der Waals surface area contributed by atoms with E-state index in [0.29, 0.717) is 24.6 Å². The molecule has 212 valence electrons. The number of hydrogen-bond acceptors (Lipinski definition) is 3. The first kappa shape index (κ1) is 31.7. The maximum atomic E-state index is 13.6. The van der Waals surface area contributed by atoms with Gasteiger partial charge in [0.15, 0.2) is 5.78 Å². The van der Waals surface area contributed by atoms with Crippen LogP contribution in [0.15, 0.2) is 36.7 Å². The van der Waals surface area contributed by atoms with Crippen LogP contribution in [0.25, 0.3) is 0 Å². The first-order valence-electron chi connectivity index (χ1n) is 15.2. The normalized spacial score (nSPS) is 11.4. The number of aryl methyl sites for hydroxylation is 1. The second kappa shape index (κ2) is 17.9. The van der Waals surface area contributed by atoms with Gasteiger partial charge in [0.2, 0.25) is 0 Å². The molecule has 0 saturated carbocycles. The van der Waals surface area contributed by atoms with E-state index in [-0.39, 0.29) is 18.1 Å². The van der Waals surface area contributed by atoms with Crippen molar-refractivity contribution in [2.45, 2.75) is 136 Å². The zero-order valence-electron chi connectivity index (χ0n) is 24.4. The highest BCUT2D eigenvalue weighted by atomic mass is 16.4. The number of carboxylic acids is 1. The van der Waals surface area contributed by atoms with Crippen LogP contribution in [-0.4, -0.2) is 27.5 Å². The van der Waals surface area contributed by atoms with E-state index in [4.69, 9.17) is 5.11 Å². The number of carboxylic acid groups (broad SMARTS) is 1. The molecule has 38 heavy (non-hydrogen) atoms. The van der Waals surface area contributed by atoms with Crippen molar-refractivity contribution in [2.75, 3.05) is 5.32 Å². The number of benzene rings is 1. The molecule has 1 aromatic carbocycles. The highest BCUT2D eigenvalue weighted by Gasteiger charge is 2.19. The summed E-state index contributed by atoms with van der Waals surface area (Å²) < 4.78 is 1.97. The lowest BCUT2D eigenvalue weighted by molar-refractivity contribution is -0.137. The minimum atomic E-state index is -0.790. The SMILES string of the molecule is CCCCCCCC(CCCCCCC)Nc1cccc(C(=O)c2cn(CCCC(=O)O)cc2C(C)C)c1. The molecule has 0 radical (unpaired) electrons. The third-order valence-corrected chi connectivity index (χ3v) is 7.39. The van der Waals surface area contributed by atoms with Crippen LogP contribution in [0.3, 0.4) is 0 Å². The quantitative estimate of drug-likeness (QED) is 0.126. The molecule has 0 fully saturated rings. The van der Waals surface area contributed by atoms with E-state index in [1.54, 1.807) is 0 Å². The predicted molar refractivity (Wildman–Crippen MR) is 159 cm³/mol. The number of carbonyl (C=O) groups is 2. The molecule has 2 aromatic rings. The van der Waals surface area contributed by atoms with Crippen LogP contribution in [0, 0.1) is 0 Å². The molecule has 0 spiro atoms. The number of anilines is 1. The van der Waals surface area contributed by atoms with Gasteiger partial charge in [-0.15, -0.1) is 0 Å². The van der Waals surface area contributed by atoms with Gasteiger partial charge in [-0.25, -0.2) is 0 Å². The number of aromatic nitrogens is 1. The molecule has 0 aliphatic heterocycles. The summed E-state index contributed by atoms with van der Waals surface area (Å²) in [5.74, 6) is -0.548. The molecule has 1 heterocycles. The van der Waals surface area contributed by atoms with Gasteiger partial charge in [-0.3, -0.25) is 9.59 Å². The number of ketones is 1. The summed E-state index contributed by atoms with van der Waals surface area (Å²) in [6.45, 7) is 9.30. The Bertz CT molecular complexity index is 949. The fourth-order valence-electron chi connectivity index (χ4n) is 5.14. The molecule has 0 amide bonds. The molecule has 0 aliphatic rings. The van der Waals surface area contributed by atoms with Crippen molar-refractivity contribution in [3.63, 3.8) is 0 Å². The summed E-state index contributed by atoms with van der Waals surface area (Å²) in [6, 6.07) is 8.41. The molecule has 2 N–H and O–H groups in total. The Morgan fingerprint density at radius 2 is 1.50 bits per heavy atom. The zero-order valence-corrected chi connectivity index (χ0v) is 24.4. The molecule has 0 unspecified atom stereocenters. The highest BCUT2D eigenvalue weighted by Crippen LogP contribution is 2.26. The summed E-state index contributed by atoms with van der Waals surface area (Å²) in [4.78, 5) is 24.5. The number of rotatable bonds is 21. The lowest BCUT2D eigenvalue weighted by Crippen LogP contribution is -2.20. The Hall–Kier alpha value is -2.56. The number of hydrogen-bond donors (Lipinski definition) is 2. The minimum Gasteiger partial charge on any atom is -0.481 e.